The summed E-state index contributed by atoms with van der Waals surface area (Å²) in [6.07, 6.45) is 0. The lowest BCUT2D eigenvalue weighted by Gasteiger charge is -2.12. The highest BCUT2D eigenvalue weighted by Gasteiger charge is 2.15. The van der Waals surface area contributed by atoms with E-state index >= 15 is 0 Å². The fraction of sp³-hybridized carbons (Fsp3) is 0.0526. The van der Waals surface area contributed by atoms with E-state index in [0.29, 0.717) is 26.8 Å². The number of halogens is 1. The highest BCUT2D eigenvalue weighted by atomic mass is 32.2. The summed E-state index contributed by atoms with van der Waals surface area (Å²) in [6.45, 7) is 0. The van der Waals surface area contributed by atoms with Gasteiger partial charge in [0.1, 0.15) is 10.5 Å². The SMILES string of the molecule is O=c1c2sccc2nc(SCc2ccc([N+](=O)[O-])cc2)n1-c1ccc(F)cc1. The van der Waals surface area contributed by atoms with Crippen molar-refractivity contribution in [1.29, 1.82) is 0 Å². The molecule has 0 atom stereocenters. The third-order valence-corrected chi connectivity index (χ3v) is 5.95. The van der Waals surface area contributed by atoms with E-state index in [1.165, 1.54) is 64.1 Å². The van der Waals surface area contributed by atoms with E-state index in [-0.39, 0.29) is 17.1 Å². The van der Waals surface area contributed by atoms with Crippen LogP contribution in [0.2, 0.25) is 0 Å². The molecule has 2 aromatic heterocycles. The van der Waals surface area contributed by atoms with Crippen LogP contribution in [0.15, 0.2) is 69.9 Å². The van der Waals surface area contributed by atoms with Crippen molar-refractivity contribution in [2.24, 2.45) is 0 Å². The summed E-state index contributed by atoms with van der Waals surface area (Å²) < 4.78 is 15.3. The lowest BCUT2D eigenvalue weighted by atomic mass is 10.2. The van der Waals surface area contributed by atoms with Crippen molar-refractivity contribution in [3.63, 3.8) is 0 Å². The largest absolute Gasteiger partial charge is 0.276 e. The quantitative estimate of drug-likeness (QED) is 0.203. The number of nitrogens with zero attached hydrogens (tertiary/aromatic N) is 3. The van der Waals surface area contributed by atoms with Crippen LogP contribution in [0.1, 0.15) is 5.56 Å². The van der Waals surface area contributed by atoms with Crippen LogP contribution >= 0.6 is 23.1 Å². The van der Waals surface area contributed by atoms with Crippen LogP contribution in [0.3, 0.4) is 0 Å². The van der Waals surface area contributed by atoms with E-state index in [4.69, 9.17) is 0 Å². The van der Waals surface area contributed by atoms with Crippen LogP contribution in [-0.2, 0) is 5.75 Å². The number of benzene rings is 2. The molecule has 4 rings (SSSR count). The number of nitro benzene ring substituents is 1. The van der Waals surface area contributed by atoms with Gasteiger partial charge in [0.05, 0.1) is 16.1 Å². The Morgan fingerprint density at radius 3 is 2.50 bits per heavy atom. The lowest BCUT2D eigenvalue weighted by Crippen LogP contribution is -2.20. The molecule has 0 spiro atoms. The molecule has 0 aliphatic heterocycles. The first-order chi connectivity index (χ1) is 13.5. The first kappa shape index (κ1) is 18.3. The van der Waals surface area contributed by atoms with Gasteiger partial charge in [-0.3, -0.25) is 19.5 Å². The summed E-state index contributed by atoms with van der Waals surface area (Å²) in [6, 6.07) is 13.7. The first-order valence-corrected chi connectivity index (χ1v) is 10.0. The van der Waals surface area contributed by atoms with Crippen LogP contribution in [0.4, 0.5) is 10.1 Å². The molecule has 2 heterocycles. The molecule has 0 saturated heterocycles. The maximum Gasteiger partial charge on any atom is 0.276 e. The molecule has 28 heavy (non-hydrogen) atoms. The van der Waals surface area contributed by atoms with E-state index < -0.39 is 4.92 Å². The molecule has 0 aliphatic rings. The van der Waals surface area contributed by atoms with E-state index in [9.17, 15) is 19.3 Å². The van der Waals surface area contributed by atoms with Gasteiger partial charge in [-0.2, -0.15) is 0 Å². The van der Waals surface area contributed by atoms with Crippen molar-refractivity contribution in [2.75, 3.05) is 0 Å². The lowest BCUT2D eigenvalue weighted by molar-refractivity contribution is -0.384. The van der Waals surface area contributed by atoms with Gasteiger partial charge in [-0.1, -0.05) is 23.9 Å². The molecule has 0 saturated carbocycles. The van der Waals surface area contributed by atoms with Crippen LogP contribution in [0.5, 0.6) is 0 Å². The molecule has 2 aromatic carbocycles. The Hall–Kier alpha value is -3.04. The second kappa shape index (κ2) is 7.53. The third kappa shape index (κ3) is 3.54. The van der Waals surface area contributed by atoms with Gasteiger partial charge in [-0.25, -0.2) is 9.37 Å². The summed E-state index contributed by atoms with van der Waals surface area (Å²) in [5.41, 5.74) is 1.81. The van der Waals surface area contributed by atoms with Crippen LogP contribution in [0.25, 0.3) is 15.9 Å². The average molecular weight is 413 g/mol. The number of thiophene rings is 1. The Kier molecular flexibility index (Phi) is 4.93. The predicted molar refractivity (Wildman–Crippen MR) is 108 cm³/mol. The van der Waals surface area contributed by atoms with Gasteiger partial charge in [-0.15, -0.1) is 11.3 Å². The number of rotatable bonds is 5. The van der Waals surface area contributed by atoms with E-state index in [2.05, 4.69) is 4.98 Å². The zero-order chi connectivity index (χ0) is 19.7. The molecule has 9 heteroatoms. The van der Waals surface area contributed by atoms with Gasteiger partial charge in [0.2, 0.25) is 0 Å². The minimum Gasteiger partial charge on any atom is -0.267 e. The molecule has 140 valence electrons. The Morgan fingerprint density at radius 2 is 1.82 bits per heavy atom. The molecule has 0 aliphatic carbocycles. The monoisotopic (exact) mass is 413 g/mol. The zero-order valence-corrected chi connectivity index (χ0v) is 15.9. The van der Waals surface area contributed by atoms with E-state index in [0.717, 1.165) is 5.56 Å². The maximum absolute atomic E-state index is 13.3. The Balaban J connectivity index is 1.73. The molecule has 0 unspecified atom stereocenters. The Bertz CT molecular complexity index is 1220. The number of hydrogen-bond donors (Lipinski definition) is 0. The van der Waals surface area contributed by atoms with Crippen molar-refractivity contribution in [3.05, 3.63) is 91.8 Å². The molecule has 0 N–H and O–H groups in total. The zero-order valence-electron chi connectivity index (χ0n) is 14.2. The van der Waals surface area contributed by atoms with Gasteiger partial charge in [0, 0.05) is 17.9 Å². The number of aromatic nitrogens is 2. The van der Waals surface area contributed by atoms with Gasteiger partial charge < -0.3 is 0 Å². The second-order valence-electron chi connectivity index (χ2n) is 5.86. The van der Waals surface area contributed by atoms with E-state index in [1.807, 2.05) is 0 Å². The number of hydrogen-bond acceptors (Lipinski definition) is 6. The number of non-ortho nitro benzene ring substituents is 1. The second-order valence-corrected chi connectivity index (χ2v) is 7.72. The predicted octanol–water partition coefficient (Wildman–Crippen LogP) is 4.79. The molecule has 0 radical (unpaired) electrons. The minimum atomic E-state index is -0.449. The first-order valence-electron chi connectivity index (χ1n) is 8.15. The highest BCUT2D eigenvalue weighted by Crippen LogP contribution is 2.27. The molecular weight excluding hydrogens is 401 g/mol. The molecule has 0 amide bonds. The molecule has 0 fully saturated rings. The average Bonchev–Trinajstić information content (AvgIpc) is 3.17. The minimum absolute atomic E-state index is 0.0230. The van der Waals surface area contributed by atoms with Crippen molar-refractivity contribution >= 4 is 39.0 Å². The third-order valence-electron chi connectivity index (χ3n) is 4.05. The van der Waals surface area contributed by atoms with Crippen LogP contribution in [-0.4, -0.2) is 14.5 Å². The van der Waals surface area contributed by atoms with Gasteiger partial charge >= 0.3 is 0 Å². The standard InChI is InChI=1S/C19H12FN3O3S2/c20-13-3-7-14(8-4-13)22-18(24)17-16(9-10-27-17)21-19(22)28-11-12-1-5-15(6-2-12)23(25)26/h1-10H,11H2. The van der Waals surface area contributed by atoms with Gasteiger partial charge in [0.25, 0.3) is 11.2 Å². The summed E-state index contributed by atoms with van der Waals surface area (Å²) in [4.78, 5) is 27.9. The topological polar surface area (TPSA) is 78.0 Å². The smallest absolute Gasteiger partial charge is 0.267 e. The maximum atomic E-state index is 13.3. The van der Waals surface area contributed by atoms with Crippen LogP contribution in [0, 0.1) is 15.9 Å². The van der Waals surface area contributed by atoms with Gasteiger partial charge in [0.15, 0.2) is 5.16 Å². The number of fused-ring (bicyclic) bond motifs is 1. The summed E-state index contributed by atoms with van der Waals surface area (Å²) in [5.74, 6) is 0.0865. The van der Waals surface area contributed by atoms with Gasteiger partial charge in [-0.05, 0) is 41.3 Å². The fourth-order valence-electron chi connectivity index (χ4n) is 2.67. The Labute approximate surface area is 166 Å². The summed E-state index contributed by atoms with van der Waals surface area (Å²) in [5, 5.41) is 13.1. The summed E-state index contributed by atoms with van der Waals surface area (Å²) >= 11 is 2.65. The normalized spacial score (nSPS) is 11.0. The summed E-state index contributed by atoms with van der Waals surface area (Å²) in [7, 11) is 0. The molecule has 0 bridgehead atoms. The van der Waals surface area contributed by atoms with Crippen LogP contribution < -0.4 is 5.56 Å². The molecule has 4 aromatic rings. The number of thioether (sulfide) groups is 1. The van der Waals surface area contributed by atoms with Crippen molar-refractivity contribution < 1.29 is 9.31 Å². The number of nitro groups is 1. The van der Waals surface area contributed by atoms with Crippen molar-refractivity contribution in [3.8, 4) is 5.69 Å². The van der Waals surface area contributed by atoms with Crippen molar-refractivity contribution in [1.82, 2.24) is 9.55 Å². The van der Waals surface area contributed by atoms with E-state index in [1.54, 1.807) is 23.6 Å². The Morgan fingerprint density at radius 1 is 1.11 bits per heavy atom. The highest BCUT2D eigenvalue weighted by molar-refractivity contribution is 7.98. The molecule has 6 nitrogen and oxygen atoms in total. The van der Waals surface area contributed by atoms with Crippen molar-refractivity contribution in [2.45, 2.75) is 10.9 Å². The molecular formula is C19H12FN3O3S2. The fourth-order valence-corrected chi connectivity index (χ4v) is 4.40.